The van der Waals surface area contributed by atoms with Crippen molar-refractivity contribution in [2.45, 2.75) is 39.9 Å². The molecule has 5 rings (SSSR count). The van der Waals surface area contributed by atoms with Gasteiger partial charge in [0.15, 0.2) is 11.6 Å². The van der Waals surface area contributed by atoms with Crippen LogP contribution in [-0.4, -0.2) is 68.1 Å². The third-order valence-electron chi connectivity index (χ3n) is 6.38. The predicted molar refractivity (Wildman–Crippen MR) is 157 cm³/mol. The van der Waals surface area contributed by atoms with E-state index in [9.17, 15) is 9.59 Å². The highest BCUT2D eigenvalue weighted by Gasteiger charge is 2.22. The zero-order chi connectivity index (χ0) is 30.1. The molecule has 0 spiro atoms. The Balaban J connectivity index is 1.36. The predicted octanol–water partition coefficient (Wildman–Crippen LogP) is 5.56. The molecule has 11 nitrogen and oxygen atoms in total. The lowest BCUT2D eigenvalue weighted by Gasteiger charge is -2.22. The number of rotatable bonds is 7. The smallest absolute Gasteiger partial charge is 0.412 e. The molecule has 216 valence electrons. The second-order valence-corrected chi connectivity index (χ2v) is 11.0. The summed E-state index contributed by atoms with van der Waals surface area (Å²) < 4.78 is 27.0. The molecule has 0 aliphatic heterocycles. The minimum atomic E-state index is -0.708. The molecular weight excluding hydrogens is 561 g/mol. The first kappa shape index (κ1) is 28.7. The highest BCUT2D eigenvalue weighted by atomic mass is 32.1. The van der Waals surface area contributed by atoms with Gasteiger partial charge in [-0.05, 0) is 45.4 Å². The number of aryl methyl sites for hydroxylation is 2. The molecule has 2 atom stereocenters. The van der Waals surface area contributed by atoms with E-state index in [0.717, 1.165) is 11.1 Å². The van der Waals surface area contributed by atoms with Gasteiger partial charge in [0.05, 0.1) is 45.5 Å². The van der Waals surface area contributed by atoms with Crippen LogP contribution in [0.15, 0.2) is 42.9 Å². The molecular formula is C29H28FN7O4S. The molecule has 5 aromatic rings. The van der Waals surface area contributed by atoms with Gasteiger partial charge in [-0.1, -0.05) is 0 Å². The Labute approximate surface area is 244 Å². The number of halogens is 1. The fourth-order valence-electron chi connectivity index (χ4n) is 4.06. The SMILES string of the molecule is Cc1cc(-c2nc3cc(F)c(O[C@@H](C)[C@@H](C)OC(=O)Nc4cnc(C)nc4)cc3s2)c2ncc(C(=O)N(C)C)nc2c1. The van der Waals surface area contributed by atoms with Crippen molar-refractivity contribution in [3.8, 4) is 16.3 Å². The maximum Gasteiger partial charge on any atom is 0.412 e. The van der Waals surface area contributed by atoms with Gasteiger partial charge < -0.3 is 14.4 Å². The van der Waals surface area contributed by atoms with Crippen molar-refractivity contribution in [3.05, 3.63) is 65.8 Å². The molecule has 1 N–H and O–H groups in total. The molecule has 42 heavy (non-hydrogen) atoms. The van der Waals surface area contributed by atoms with E-state index in [1.54, 1.807) is 40.9 Å². The Morgan fingerprint density at radius 3 is 2.40 bits per heavy atom. The van der Waals surface area contributed by atoms with Gasteiger partial charge in [-0.15, -0.1) is 11.3 Å². The third kappa shape index (κ3) is 6.10. The molecule has 0 aliphatic rings. The van der Waals surface area contributed by atoms with Crippen molar-refractivity contribution in [3.63, 3.8) is 0 Å². The number of nitrogens with one attached hydrogen (secondary N) is 1. The molecule has 3 heterocycles. The van der Waals surface area contributed by atoms with Gasteiger partial charge in [0.1, 0.15) is 28.7 Å². The number of ether oxygens (including phenoxy) is 2. The molecule has 0 radical (unpaired) electrons. The second-order valence-electron chi connectivity index (χ2n) is 9.98. The van der Waals surface area contributed by atoms with Gasteiger partial charge in [0.25, 0.3) is 5.91 Å². The summed E-state index contributed by atoms with van der Waals surface area (Å²) in [5.74, 6) is -0.260. The molecule has 3 aromatic heterocycles. The van der Waals surface area contributed by atoms with Gasteiger partial charge in [0, 0.05) is 31.8 Å². The number of carbonyl (C=O) groups is 2. The van der Waals surface area contributed by atoms with Crippen molar-refractivity contribution in [2.75, 3.05) is 19.4 Å². The summed E-state index contributed by atoms with van der Waals surface area (Å²) in [6.45, 7) is 6.99. The number of hydrogen-bond acceptors (Lipinski definition) is 10. The molecule has 2 aromatic carbocycles. The molecule has 0 saturated carbocycles. The van der Waals surface area contributed by atoms with Gasteiger partial charge in [-0.2, -0.15) is 0 Å². The first-order valence-electron chi connectivity index (χ1n) is 13.0. The molecule has 0 saturated heterocycles. The minimum Gasteiger partial charge on any atom is -0.484 e. The van der Waals surface area contributed by atoms with Crippen LogP contribution in [0.3, 0.4) is 0 Å². The molecule has 2 amide bonds. The Morgan fingerprint density at radius 2 is 1.69 bits per heavy atom. The number of amides is 2. The number of thiazole rings is 1. The molecule has 13 heteroatoms. The number of benzene rings is 2. The number of hydrogen-bond donors (Lipinski definition) is 1. The second kappa shape index (κ2) is 11.6. The number of fused-ring (bicyclic) bond motifs is 2. The van der Waals surface area contributed by atoms with Crippen molar-refractivity contribution in [1.29, 1.82) is 0 Å². The molecule has 0 fully saturated rings. The average Bonchev–Trinajstić information content (AvgIpc) is 3.35. The van der Waals surface area contributed by atoms with E-state index in [1.165, 1.54) is 40.9 Å². The fourth-order valence-corrected chi connectivity index (χ4v) is 5.05. The zero-order valence-electron chi connectivity index (χ0n) is 23.8. The highest BCUT2D eigenvalue weighted by Crippen LogP contribution is 2.37. The van der Waals surface area contributed by atoms with Gasteiger partial charge >= 0.3 is 6.09 Å². The van der Waals surface area contributed by atoms with Crippen LogP contribution >= 0.6 is 11.3 Å². The van der Waals surface area contributed by atoms with Crippen LogP contribution in [0.5, 0.6) is 5.75 Å². The van der Waals surface area contributed by atoms with E-state index in [1.807, 2.05) is 19.1 Å². The summed E-state index contributed by atoms with van der Waals surface area (Å²) in [7, 11) is 3.31. The van der Waals surface area contributed by atoms with Crippen LogP contribution in [0.1, 0.15) is 35.7 Å². The first-order chi connectivity index (χ1) is 20.0. The molecule has 0 bridgehead atoms. The fraction of sp³-hybridized carbons (Fsp3) is 0.276. The van der Waals surface area contributed by atoms with Crippen molar-refractivity contribution in [2.24, 2.45) is 0 Å². The molecule has 0 aliphatic carbocycles. The van der Waals surface area contributed by atoms with Crippen LogP contribution in [-0.2, 0) is 4.74 Å². The van der Waals surface area contributed by atoms with Crippen molar-refractivity contribution < 1.29 is 23.5 Å². The monoisotopic (exact) mass is 589 g/mol. The first-order valence-corrected chi connectivity index (χ1v) is 13.8. The normalized spacial score (nSPS) is 12.6. The van der Waals surface area contributed by atoms with Crippen LogP contribution in [0.25, 0.3) is 31.8 Å². The van der Waals surface area contributed by atoms with Crippen molar-refractivity contribution in [1.82, 2.24) is 29.8 Å². The summed E-state index contributed by atoms with van der Waals surface area (Å²) in [5, 5.41) is 3.17. The maximum absolute atomic E-state index is 15.1. The summed E-state index contributed by atoms with van der Waals surface area (Å²) in [6.07, 6.45) is 2.31. The summed E-state index contributed by atoms with van der Waals surface area (Å²) in [4.78, 5) is 47.9. The lowest BCUT2D eigenvalue weighted by Crippen LogP contribution is -2.32. The van der Waals surface area contributed by atoms with Crippen LogP contribution in [0.2, 0.25) is 0 Å². The number of aromatic nitrogens is 5. The lowest BCUT2D eigenvalue weighted by atomic mass is 10.1. The van der Waals surface area contributed by atoms with E-state index in [2.05, 4.69) is 30.2 Å². The Morgan fingerprint density at radius 1 is 0.952 bits per heavy atom. The topological polar surface area (TPSA) is 132 Å². The Kier molecular flexibility index (Phi) is 7.94. The zero-order valence-corrected chi connectivity index (χ0v) is 24.6. The van der Waals surface area contributed by atoms with Gasteiger partial charge in [0.2, 0.25) is 0 Å². The van der Waals surface area contributed by atoms with E-state index in [0.29, 0.717) is 37.8 Å². The van der Waals surface area contributed by atoms with E-state index in [-0.39, 0.29) is 17.4 Å². The molecule has 0 unspecified atom stereocenters. The Hall–Kier alpha value is -4.78. The van der Waals surface area contributed by atoms with E-state index in [4.69, 9.17) is 9.47 Å². The largest absolute Gasteiger partial charge is 0.484 e. The quantitative estimate of drug-likeness (QED) is 0.259. The van der Waals surface area contributed by atoms with Gasteiger partial charge in [-0.25, -0.2) is 29.1 Å². The maximum atomic E-state index is 15.1. The van der Waals surface area contributed by atoms with Gasteiger partial charge in [-0.3, -0.25) is 15.1 Å². The lowest BCUT2D eigenvalue weighted by molar-refractivity contribution is 0.0402. The van der Waals surface area contributed by atoms with Crippen LogP contribution < -0.4 is 10.1 Å². The summed E-state index contributed by atoms with van der Waals surface area (Å²) in [5.41, 5.74) is 3.88. The summed E-state index contributed by atoms with van der Waals surface area (Å²) in [6, 6.07) is 6.68. The number of nitrogens with zero attached hydrogens (tertiary/aromatic N) is 6. The number of anilines is 1. The van der Waals surface area contributed by atoms with Crippen molar-refractivity contribution >= 4 is 50.3 Å². The van der Waals surface area contributed by atoms with Crippen LogP contribution in [0.4, 0.5) is 14.9 Å². The third-order valence-corrected chi connectivity index (χ3v) is 7.43. The van der Waals surface area contributed by atoms with E-state index < -0.39 is 24.1 Å². The number of carbonyl (C=O) groups excluding carboxylic acids is 2. The highest BCUT2D eigenvalue weighted by molar-refractivity contribution is 7.21. The minimum absolute atomic E-state index is 0.00808. The summed E-state index contributed by atoms with van der Waals surface area (Å²) >= 11 is 1.35. The Bertz CT molecular complexity index is 1810. The average molecular weight is 590 g/mol. The van der Waals surface area contributed by atoms with Crippen LogP contribution in [0, 0.1) is 19.7 Å². The standard InChI is InChI=1S/C29H28FN7O4S/c1-14-7-19(26-22(8-14)35-23(13-33-26)28(38)37(5)6)27-36-21-9-20(30)24(10-25(21)42-27)40-15(2)16(3)41-29(39)34-18-11-31-17(4)32-12-18/h7-13,15-16H,1-6H3,(H,34,39)/t15-,16+/m0/s1. The van der Waals surface area contributed by atoms with E-state index >= 15 is 4.39 Å².